The first-order valence-corrected chi connectivity index (χ1v) is 12.7. The number of anilines is 1. The number of aromatic nitrogens is 2. The molecular formula is C28H27N3O3S. The largest absolute Gasteiger partial charge is 0.452 e. The number of hydrogen-bond donors (Lipinski definition) is 1. The minimum absolute atomic E-state index is 0.377. The van der Waals surface area contributed by atoms with E-state index in [0.29, 0.717) is 16.6 Å². The average molecular weight is 486 g/mol. The van der Waals surface area contributed by atoms with Gasteiger partial charge in [-0.3, -0.25) is 15.1 Å². The lowest BCUT2D eigenvalue weighted by molar-refractivity contribution is -0.119. The van der Waals surface area contributed by atoms with E-state index in [0.717, 1.165) is 52.7 Å². The van der Waals surface area contributed by atoms with Crippen LogP contribution in [0.25, 0.3) is 22.2 Å². The molecule has 0 aliphatic heterocycles. The van der Waals surface area contributed by atoms with Crippen LogP contribution in [0.15, 0.2) is 47.8 Å². The molecule has 35 heavy (non-hydrogen) atoms. The van der Waals surface area contributed by atoms with Gasteiger partial charge in [-0.2, -0.15) is 0 Å². The maximum Gasteiger partial charge on any atom is 0.339 e. The molecule has 1 unspecified atom stereocenters. The molecule has 1 aliphatic carbocycles. The second kappa shape index (κ2) is 9.58. The number of esters is 1. The molecule has 1 aliphatic rings. The maximum atomic E-state index is 13.2. The lowest BCUT2D eigenvalue weighted by Gasteiger charge is -2.24. The third kappa shape index (κ3) is 4.82. The highest BCUT2D eigenvalue weighted by Crippen LogP contribution is 2.32. The van der Waals surface area contributed by atoms with Gasteiger partial charge in [0.25, 0.3) is 5.91 Å². The maximum absolute atomic E-state index is 13.2. The van der Waals surface area contributed by atoms with Crippen molar-refractivity contribution in [2.45, 2.75) is 40.0 Å². The van der Waals surface area contributed by atoms with Crippen molar-refractivity contribution in [1.82, 2.24) is 9.97 Å². The Morgan fingerprint density at radius 2 is 1.94 bits per heavy atom. The van der Waals surface area contributed by atoms with Gasteiger partial charge in [-0.1, -0.05) is 37.3 Å². The Kier molecular flexibility index (Phi) is 6.34. The molecular weight excluding hydrogens is 458 g/mol. The minimum atomic E-state index is -0.487. The SMILES string of the molecule is Cc1ccc(-c2csc(NC(=O)COC(=O)c3c4c(nc5ccccc35)CCC(C)C4)n2)cc1C. The number of aryl methyl sites for hydroxylation is 3. The van der Waals surface area contributed by atoms with Crippen molar-refractivity contribution in [3.63, 3.8) is 0 Å². The first kappa shape index (κ1) is 23.2. The molecule has 5 rings (SSSR count). The third-order valence-corrected chi connectivity index (χ3v) is 7.35. The number of carbonyl (C=O) groups excluding carboxylic acids is 2. The van der Waals surface area contributed by atoms with Crippen LogP contribution in [-0.4, -0.2) is 28.5 Å². The van der Waals surface area contributed by atoms with Crippen molar-refractivity contribution in [2.24, 2.45) is 5.92 Å². The molecule has 0 saturated carbocycles. The second-order valence-electron chi connectivity index (χ2n) is 9.24. The first-order valence-electron chi connectivity index (χ1n) is 11.8. The summed E-state index contributed by atoms with van der Waals surface area (Å²) < 4.78 is 5.49. The fraction of sp³-hybridized carbons (Fsp3) is 0.286. The van der Waals surface area contributed by atoms with Gasteiger partial charge in [-0.25, -0.2) is 9.78 Å². The number of amides is 1. The number of thiazole rings is 1. The predicted molar refractivity (Wildman–Crippen MR) is 139 cm³/mol. The van der Waals surface area contributed by atoms with E-state index < -0.39 is 11.9 Å². The van der Waals surface area contributed by atoms with Crippen LogP contribution in [0.3, 0.4) is 0 Å². The quantitative estimate of drug-likeness (QED) is 0.356. The molecule has 0 saturated heterocycles. The molecule has 1 N–H and O–H groups in total. The van der Waals surface area contributed by atoms with Gasteiger partial charge >= 0.3 is 5.97 Å². The highest BCUT2D eigenvalue weighted by Gasteiger charge is 2.26. The molecule has 0 spiro atoms. The third-order valence-electron chi connectivity index (χ3n) is 6.60. The first-order chi connectivity index (χ1) is 16.9. The standard InChI is InChI=1S/C28H27N3O3S/c1-16-8-11-23-21(12-16)26(20-6-4-5-7-22(20)29-23)27(33)34-14-25(32)31-28-30-24(15-35-28)19-10-9-17(2)18(3)13-19/h4-7,9-10,13,15-16H,8,11-12,14H2,1-3H3,(H,30,31,32). The Bertz CT molecular complexity index is 1440. The smallest absolute Gasteiger partial charge is 0.339 e. The van der Waals surface area contributed by atoms with Gasteiger partial charge in [0.1, 0.15) is 0 Å². The van der Waals surface area contributed by atoms with Crippen molar-refractivity contribution in [2.75, 3.05) is 11.9 Å². The van der Waals surface area contributed by atoms with E-state index in [1.165, 1.54) is 22.5 Å². The monoisotopic (exact) mass is 485 g/mol. The molecule has 1 atom stereocenters. The summed E-state index contributed by atoms with van der Waals surface area (Å²) in [5.41, 5.74) is 7.43. The molecule has 4 aromatic rings. The molecule has 1 amide bonds. The van der Waals surface area contributed by atoms with E-state index in [1.54, 1.807) is 0 Å². The van der Waals surface area contributed by atoms with E-state index in [-0.39, 0.29) is 6.61 Å². The van der Waals surface area contributed by atoms with Gasteiger partial charge in [0.15, 0.2) is 11.7 Å². The van der Waals surface area contributed by atoms with E-state index in [9.17, 15) is 9.59 Å². The number of fused-ring (bicyclic) bond motifs is 2. The zero-order chi connectivity index (χ0) is 24.5. The summed E-state index contributed by atoms with van der Waals surface area (Å²) in [4.78, 5) is 35.1. The van der Waals surface area contributed by atoms with Gasteiger partial charge in [-0.05, 0) is 67.9 Å². The summed E-state index contributed by atoms with van der Waals surface area (Å²) >= 11 is 1.34. The van der Waals surface area contributed by atoms with Gasteiger partial charge in [0.2, 0.25) is 0 Å². The summed E-state index contributed by atoms with van der Waals surface area (Å²) in [6.07, 6.45) is 2.67. The number of pyridine rings is 1. The van der Waals surface area contributed by atoms with Gasteiger partial charge in [0.05, 0.1) is 16.8 Å². The molecule has 2 heterocycles. The Labute approximate surface area is 208 Å². The molecule has 2 aromatic carbocycles. The Morgan fingerprint density at radius 1 is 1.11 bits per heavy atom. The fourth-order valence-corrected chi connectivity index (χ4v) is 5.25. The van der Waals surface area contributed by atoms with Crippen molar-refractivity contribution < 1.29 is 14.3 Å². The Hall–Kier alpha value is -3.58. The van der Waals surface area contributed by atoms with Crippen LogP contribution in [0.2, 0.25) is 0 Å². The lowest BCUT2D eigenvalue weighted by Crippen LogP contribution is -2.23. The van der Waals surface area contributed by atoms with Gasteiger partial charge < -0.3 is 4.74 Å². The predicted octanol–water partition coefficient (Wildman–Crippen LogP) is 5.90. The van der Waals surface area contributed by atoms with Crippen LogP contribution in [0.1, 0.15) is 46.1 Å². The van der Waals surface area contributed by atoms with E-state index >= 15 is 0 Å². The number of nitrogens with zero attached hydrogens (tertiary/aromatic N) is 2. The number of carbonyl (C=O) groups is 2. The van der Waals surface area contributed by atoms with Crippen molar-refractivity contribution >= 4 is 39.2 Å². The number of rotatable bonds is 5. The van der Waals surface area contributed by atoms with Crippen molar-refractivity contribution in [1.29, 1.82) is 0 Å². The summed E-state index contributed by atoms with van der Waals surface area (Å²) in [7, 11) is 0. The van der Waals surface area contributed by atoms with Crippen LogP contribution >= 0.6 is 11.3 Å². The summed E-state index contributed by atoms with van der Waals surface area (Å²) in [6, 6.07) is 13.8. The summed E-state index contributed by atoms with van der Waals surface area (Å²) in [6.45, 7) is 5.93. The van der Waals surface area contributed by atoms with E-state index in [2.05, 4.69) is 43.2 Å². The molecule has 0 fully saturated rings. The summed E-state index contributed by atoms with van der Waals surface area (Å²) in [5, 5.41) is 5.89. The molecule has 2 aromatic heterocycles. The van der Waals surface area contributed by atoms with Crippen molar-refractivity contribution in [3.05, 3.63) is 75.8 Å². The van der Waals surface area contributed by atoms with Gasteiger partial charge in [0, 0.05) is 22.0 Å². The average Bonchev–Trinajstić information content (AvgIpc) is 3.31. The lowest BCUT2D eigenvalue weighted by atomic mass is 9.84. The summed E-state index contributed by atoms with van der Waals surface area (Å²) in [5.74, 6) is -0.435. The van der Waals surface area contributed by atoms with Crippen LogP contribution < -0.4 is 5.32 Å². The number of para-hydroxylation sites is 1. The highest BCUT2D eigenvalue weighted by atomic mass is 32.1. The molecule has 7 heteroatoms. The minimum Gasteiger partial charge on any atom is -0.452 e. The van der Waals surface area contributed by atoms with E-state index in [4.69, 9.17) is 9.72 Å². The van der Waals surface area contributed by atoms with Crippen LogP contribution in [0, 0.1) is 19.8 Å². The zero-order valence-corrected chi connectivity index (χ0v) is 20.9. The van der Waals surface area contributed by atoms with Crippen LogP contribution in [0.5, 0.6) is 0 Å². The van der Waals surface area contributed by atoms with Crippen LogP contribution in [0.4, 0.5) is 5.13 Å². The molecule has 178 valence electrons. The molecule has 0 radical (unpaired) electrons. The normalized spacial score (nSPS) is 15.0. The van der Waals surface area contributed by atoms with Crippen LogP contribution in [-0.2, 0) is 22.4 Å². The van der Waals surface area contributed by atoms with Crippen molar-refractivity contribution in [3.8, 4) is 11.3 Å². The molecule has 6 nitrogen and oxygen atoms in total. The number of nitrogens with one attached hydrogen (secondary N) is 1. The topological polar surface area (TPSA) is 81.2 Å². The van der Waals surface area contributed by atoms with Gasteiger partial charge in [-0.15, -0.1) is 11.3 Å². The fourth-order valence-electron chi connectivity index (χ4n) is 4.52. The molecule has 0 bridgehead atoms. The van der Waals surface area contributed by atoms with E-state index in [1.807, 2.05) is 35.7 Å². The second-order valence-corrected chi connectivity index (χ2v) is 10.1. The number of ether oxygens (including phenoxy) is 1. The Morgan fingerprint density at radius 3 is 2.77 bits per heavy atom. The number of benzene rings is 2. The number of hydrogen-bond acceptors (Lipinski definition) is 6. The zero-order valence-electron chi connectivity index (χ0n) is 20.1. The highest BCUT2D eigenvalue weighted by molar-refractivity contribution is 7.14. The Balaban J connectivity index is 1.30.